The Balaban J connectivity index is 3.13. The standard InChI is InChI=1S/C8H18NO/c1-5-10-7-6-8(2)9(3)4/h8H,2,5-7H2,1,3-4H3. The number of hydrogen-bond donors (Lipinski definition) is 0. The number of nitrogens with zero attached hydrogens (tertiary/aromatic N) is 1. The summed E-state index contributed by atoms with van der Waals surface area (Å²) in [5.41, 5.74) is 0. The summed E-state index contributed by atoms with van der Waals surface area (Å²) < 4.78 is 5.19. The van der Waals surface area contributed by atoms with Gasteiger partial charge >= 0.3 is 0 Å². The van der Waals surface area contributed by atoms with E-state index >= 15 is 0 Å². The Morgan fingerprint density at radius 1 is 1.50 bits per heavy atom. The fourth-order valence-corrected chi connectivity index (χ4v) is 0.622. The molecule has 0 saturated carbocycles. The highest BCUT2D eigenvalue weighted by molar-refractivity contribution is 4.66. The van der Waals surface area contributed by atoms with Gasteiger partial charge in [-0.3, -0.25) is 0 Å². The van der Waals surface area contributed by atoms with Crippen molar-refractivity contribution in [2.75, 3.05) is 27.3 Å². The van der Waals surface area contributed by atoms with Crippen LogP contribution in [0.1, 0.15) is 13.3 Å². The van der Waals surface area contributed by atoms with E-state index in [1.807, 2.05) is 21.0 Å². The molecular formula is C8H18NO. The topological polar surface area (TPSA) is 12.5 Å². The second kappa shape index (κ2) is 5.69. The Bertz CT molecular complexity index is 73.7. The first-order valence-electron chi connectivity index (χ1n) is 3.75. The summed E-state index contributed by atoms with van der Waals surface area (Å²) in [6.07, 6.45) is 1.01. The Kier molecular flexibility index (Phi) is 5.64. The van der Waals surface area contributed by atoms with Crippen LogP contribution in [0.25, 0.3) is 0 Å². The van der Waals surface area contributed by atoms with Crippen molar-refractivity contribution in [1.82, 2.24) is 4.90 Å². The van der Waals surface area contributed by atoms with Gasteiger partial charge < -0.3 is 9.64 Å². The van der Waals surface area contributed by atoms with Crippen LogP contribution in [-0.4, -0.2) is 38.3 Å². The lowest BCUT2D eigenvalue weighted by molar-refractivity contribution is 0.128. The average molecular weight is 144 g/mol. The third-order valence-electron chi connectivity index (χ3n) is 1.53. The van der Waals surface area contributed by atoms with E-state index in [-0.39, 0.29) is 0 Å². The molecule has 0 aliphatic rings. The van der Waals surface area contributed by atoms with E-state index in [9.17, 15) is 0 Å². The van der Waals surface area contributed by atoms with Crippen molar-refractivity contribution < 1.29 is 4.74 Å². The van der Waals surface area contributed by atoms with E-state index in [0.29, 0.717) is 6.04 Å². The maximum Gasteiger partial charge on any atom is 0.0480 e. The van der Waals surface area contributed by atoms with Crippen LogP contribution in [0.5, 0.6) is 0 Å². The minimum Gasteiger partial charge on any atom is -0.382 e. The van der Waals surface area contributed by atoms with Crippen LogP contribution >= 0.6 is 0 Å². The van der Waals surface area contributed by atoms with Gasteiger partial charge in [0.15, 0.2) is 0 Å². The van der Waals surface area contributed by atoms with Crippen molar-refractivity contribution in [3.63, 3.8) is 0 Å². The van der Waals surface area contributed by atoms with E-state index in [0.717, 1.165) is 19.6 Å². The predicted octanol–water partition coefficient (Wildman–Crippen LogP) is 1.18. The number of rotatable bonds is 5. The van der Waals surface area contributed by atoms with E-state index in [4.69, 9.17) is 4.74 Å². The van der Waals surface area contributed by atoms with Gasteiger partial charge in [0.05, 0.1) is 0 Å². The van der Waals surface area contributed by atoms with Gasteiger partial charge in [-0.1, -0.05) is 0 Å². The average Bonchev–Trinajstić information content (AvgIpc) is 1.88. The van der Waals surface area contributed by atoms with Gasteiger partial charge in [-0.05, 0) is 34.4 Å². The molecule has 0 N–H and O–H groups in total. The predicted molar refractivity (Wildman–Crippen MR) is 43.9 cm³/mol. The van der Waals surface area contributed by atoms with Crippen molar-refractivity contribution in [1.29, 1.82) is 0 Å². The zero-order chi connectivity index (χ0) is 7.98. The molecule has 0 aromatic carbocycles. The summed E-state index contributed by atoms with van der Waals surface area (Å²) in [5, 5.41) is 0. The molecule has 2 nitrogen and oxygen atoms in total. The highest BCUT2D eigenvalue weighted by atomic mass is 16.5. The Hall–Kier alpha value is -0.0800. The van der Waals surface area contributed by atoms with Gasteiger partial charge in [0.1, 0.15) is 0 Å². The second-order valence-corrected chi connectivity index (χ2v) is 2.60. The Morgan fingerprint density at radius 2 is 2.10 bits per heavy atom. The monoisotopic (exact) mass is 144 g/mol. The summed E-state index contributed by atoms with van der Waals surface area (Å²) in [5.74, 6) is 0. The van der Waals surface area contributed by atoms with E-state index < -0.39 is 0 Å². The van der Waals surface area contributed by atoms with Gasteiger partial charge in [-0.25, -0.2) is 0 Å². The fourth-order valence-electron chi connectivity index (χ4n) is 0.622. The minimum absolute atomic E-state index is 0.381. The Morgan fingerprint density at radius 3 is 2.50 bits per heavy atom. The van der Waals surface area contributed by atoms with Crippen molar-refractivity contribution in [2.24, 2.45) is 0 Å². The summed E-state index contributed by atoms with van der Waals surface area (Å²) in [6, 6.07) is 0.381. The number of ether oxygens (including phenoxy) is 1. The molecular weight excluding hydrogens is 126 g/mol. The molecule has 1 atom stereocenters. The van der Waals surface area contributed by atoms with Crippen molar-refractivity contribution in [2.45, 2.75) is 19.4 Å². The second-order valence-electron chi connectivity index (χ2n) is 2.60. The molecule has 0 amide bonds. The van der Waals surface area contributed by atoms with Crippen LogP contribution in [-0.2, 0) is 4.74 Å². The molecule has 0 saturated heterocycles. The van der Waals surface area contributed by atoms with Gasteiger partial charge in [-0.2, -0.15) is 0 Å². The molecule has 0 heterocycles. The highest BCUT2D eigenvalue weighted by Crippen LogP contribution is 1.96. The Labute approximate surface area is 64.2 Å². The van der Waals surface area contributed by atoms with E-state index in [2.05, 4.69) is 11.8 Å². The van der Waals surface area contributed by atoms with Crippen molar-refractivity contribution in [3.05, 3.63) is 6.92 Å². The zero-order valence-corrected chi connectivity index (χ0v) is 7.26. The third kappa shape index (κ3) is 4.77. The third-order valence-corrected chi connectivity index (χ3v) is 1.53. The largest absolute Gasteiger partial charge is 0.382 e. The summed E-state index contributed by atoms with van der Waals surface area (Å²) >= 11 is 0. The van der Waals surface area contributed by atoms with Gasteiger partial charge in [0.2, 0.25) is 0 Å². The van der Waals surface area contributed by atoms with Crippen LogP contribution in [0.3, 0.4) is 0 Å². The molecule has 0 aliphatic carbocycles. The summed E-state index contributed by atoms with van der Waals surface area (Å²) in [6.45, 7) is 7.59. The number of hydrogen-bond acceptors (Lipinski definition) is 2. The quantitative estimate of drug-likeness (QED) is 0.537. The van der Waals surface area contributed by atoms with Crippen LogP contribution in [0.2, 0.25) is 0 Å². The summed E-state index contributed by atoms with van der Waals surface area (Å²) in [7, 11) is 4.06. The van der Waals surface area contributed by atoms with E-state index in [1.54, 1.807) is 0 Å². The summed E-state index contributed by atoms with van der Waals surface area (Å²) in [4.78, 5) is 2.10. The molecule has 1 radical (unpaired) electrons. The molecule has 0 fully saturated rings. The molecule has 0 rings (SSSR count). The molecule has 0 aromatic heterocycles. The fraction of sp³-hybridized carbons (Fsp3) is 0.875. The lowest BCUT2D eigenvalue weighted by Crippen LogP contribution is -2.26. The SMILES string of the molecule is [CH2]C(CCOCC)N(C)C. The lowest BCUT2D eigenvalue weighted by atomic mass is 10.2. The van der Waals surface area contributed by atoms with Crippen LogP contribution < -0.4 is 0 Å². The normalized spacial score (nSPS) is 14.1. The molecule has 10 heavy (non-hydrogen) atoms. The zero-order valence-electron chi connectivity index (χ0n) is 7.26. The smallest absolute Gasteiger partial charge is 0.0480 e. The molecule has 0 aliphatic heterocycles. The molecule has 0 aromatic rings. The van der Waals surface area contributed by atoms with Gasteiger partial charge in [0.25, 0.3) is 0 Å². The van der Waals surface area contributed by atoms with Crippen molar-refractivity contribution in [3.8, 4) is 0 Å². The van der Waals surface area contributed by atoms with Gasteiger partial charge in [0, 0.05) is 19.3 Å². The maximum absolute atomic E-state index is 5.19. The maximum atomic E-state index is 5.19. The molecule has 61 valence electrons. The first-order chi connectivity index (χ1) is 4.68. The van der Waals surface area contributed by atoms with Gasteiger partial charge in [-0.15, -0.1) is 0 Å². The molecule has 0 spiro atoms. The molecule has 2 heteroatoms. The first-order valence-corrected chi connectivity index (χ1v) is 3.75. The minimum atomic E-state index is 0.381. The molecule has 0 bridgehead atoms. The van der Waals surface area contributed by atoms with Crippen molar-refractivity contribution >= 4 is 0 Å². The van der Waals surface area contributed by atoms with Crippen LogP contribution in [0.15, 0.2) is 0 Å². The molecule has 1 unspecified atom stereocenters. The lowest BCUT2D eigenvalue weighted by Gasteiger charge is -2.18. The van der Waals surface area contributed by atoms with Crippen LogP contribution in [0, 0.1) is 6.92 Å². The highest BCUT2D eigenvalue weighted by Gasteiger charge is 2.02. The van der Waals surface area contributed by atoms with E-state index in [1.165, 1.54) is 0 Å². The first kappa shape index (κ1) is 9.92. The van der Waals surface area contributed by atoms with Crippen LogP contribution in [0.4, 0.5) is 0 Å².